The van der Waals surface area contributed by atoms with Gasteiger partial charge in [0.05, 0.1) is 0 Å². The Balaban J connectivity index is 1.71. The lowest BCUT2D eigenvalue weighted by molar-refractivity contribution is 0.409. The third-order valence-electron chi connectivity index (χ3n) is 3.99. The molecule has 3 nitrogen and oxygen atoms in total. The molecule has 0 radical (unpaired) electrons. The van der Waals surface area contributed by atoms with Gasteiger partial charge in [0.15, 0.2) is 0 Å². The Labute approximate surface area is 96.9 Å². The second-order valence-corrected chi connectivity index (χ2v) is 4.93. The lowest BCUT2D eigenvalue weighted by Crippen LogP contribution is -2.26. The maximum absolute atomic E-state index is 4.45. The van der Waals surface area contributed by atoms with Crippen molar-refractivity contribution in [3.63, 3.8) is 0 Å². The Bertz CT molecular complexity index is 324. The first-order valence-electron chi connectivity index (χ1n) is 6.30. The molecule has 3 heteroatoms. The minimum Gasteiger partial charge on any atom is -0.357 e. The summed E-state index contributed by atoms with van der Waals surface area (Å²) in [5, 5.41) is 3.51. The summed E-state index contributed by atoms with van der Waals surface area (Å²) in [4.78, 5) is 6.89. The molecule has 2 fully saturated rings. The van der Waals surface area contributed by atoms with Crippen molar-refractivity contribution in [2.45, 2.75) is 12.8 Å². The van der Waals surface area contributed by atoms with Crippen molar-refractivity contribution in [3.8, 4) is 0 Å². The van der Waals surface area contributed by atoms with Crippen LogP contribution in [-0.4, -0.2) is 31.2 Å². The number of aromatic nitrogens is 1. The molecule has 2 aliphatic heterocycles. The molecule has 0 aromatic carbocycles. The highest BCUT2D eigenvalue weighted by molar-refractivity contribution is 5.37. The Hall–Kier alpha value is -1.09. The molecule has 3 rings (SSSR count). The third-order valence-corrected chi connectivity index (χ3v) is 3.99. The zero-order valence-electron chi connectivity index (χ0n) is 9.60. The molecule has 2 aliphatic rings. The number of hydrogen-bond donors (Lipinski definition) is 1. The molecule has 0 aliphatic carbocycles. The van der Waals surface area contributed by atoms with E-state index in [1.807, 2.05) is 12.3 Å². The Kier molecular flexibility index (Phi) is 2.79. The van der Waals surface area contributed by atoms with Gasteiger partial charge in [-0.3, -0.25) is 0 Å². The number of anilines is 1. The average molecular weight is 217 g/mol. The molecule has 86 valence electrons. The maximum atomic E-state index is 4.45. The molecular weight excluding hydrogens is 198 g/mol. The number of hydrogen-bond acceptors (Lipinski definition) is 3. The van der Waals surface area contributed by atoms with Crippen LogP contribution in [0.2, 0.25) is 0 Å². The summed E-state index contributed by atoms with van der Waals surface area (Å²) in [6.45, 7) is 4.78. The number of pyridine rings is 1. The first kappa shape index (κ1) is 10.1. The second-order valence-electron chi connectivity index (χ2n) is 4.93. The lowest BCUT2D eigenvalue weighted by atomic mass is 9.92. The Morgan fingerprint density at radius 2 is 1.88 bits per heavy atom. The molecule has 3 heterocycles. The highest BCUT2D eigenvalue weighted by Crippen LogP contribution is 2.28. The fourth-order valence-corrected chi connectivity index (χ4v) is 2.99. The van der Waals surface area contributed by atoms with Crippen molar-refractivity contribution < 1.29 is 0 Å². The van der Waals surface area contributed by atoms with Crippen molar-refractivity contribution in [2.24, 2.45) is 11.8 Å². The molecule has 1 N–H and O–H groups in total. The first-order chi connectivity index (χ1) is 7.93. The summed E-state index contributed by atoms with van der Waals surface area (Å²) >= 11 is 0. The summed E-state index contributed by atoms with van der Waals surface area (Å²) in [6.07, 6.45) is 4.52. The molecule has 0 spiro atoms. The molecule has 2 unspecified atom stereocenters. The topological polar surface area (TPSA) is 28.2 Å². The monoisotopic (exact) mass is 217 g/mol. The molecule has 0 bridgehead atoms. The van der Waals surface area contributed by atoms with E-state index in [4.69, 9.17) is 0 Å². The Morgan fingerprint density at radius 3 is 2.50 bits per heavy atom. The maximum Gasteiger partial charge on any atom is 0.128 e. The smallest absolute Gasteiger partial charge is 0.128 e. The van der Waals surface area contributed by atoms with E-state index < -0.39 is 0 Å². The lowest BCUT2D eigenvalue weighted by Gasteiger charge is -2.21. The van der Waals surface area contributed by atoms with Crippen LogP contribution in [0.4, 0.5) is 5.82 Å². The van der Waals surface area contributed by atoms with Crippen LogP contribution in [0, 0.1) is 11.8 Å². The number of rotatable bonds is 1. The largest absolute Gasteiger partial charge is 0.357 e. The van der Waals surface area contributed by atoms with Crippen LogP contribution in [-0.2, 0) is 0 Å². The minimum atomic E-state index is 0.897. The number of nitrogens with zero attached hydrogens (tertiary/aromatic N) is 2. The van der Waals surface area contributed by atoms with E-state index in [0.29, 0.717) is 0 Å². The molecule has 16 heavy (non-hydrogen) atoms. The van der Waals surface area contributed by atoms with Gasteiger partial charge >= 0.3 is 0 Å². The predicted molar refractivity (Wildman–Crippen MR) is 65.5 cm³/mol. The van der Waals surface area contributed by atoms with Crippen LogP contribution in [0.3, 0.4) is 0 Å². The zero-order chi connectivity index (χ0) is 10.8. The summed E-state index contributed by atoms with van der Waals surface area (Å²) in [6, 6.07) is 6.19. The van der Waals surface area contributed by atoms with Crippen molar-refractivity contribution in [3.05, 3.63) is 24.4 Å². The summed E-state index contributed by atoms with van der Waals surface area (Å²) in [5.74, 6) is 2.94. The Morgan fingerprint density at radius 1 is 1.12 bits per heavy atom. The van der Waals surface area contributed by atoms with Crippen LogP contribution in [0.15, 0.2) is 24.4 Å². The van der Waals surface area contributed by atoms with Crippen LogP contribution in [0.1, 0.15) is 12.8 Å². The predicted octanol–water partition coefficient (Wildman–Crippen LogP) is 1.52. The number of nitrogens with one attached hydrogen (secondary N) is 1. The summed E-state index contributed by atoms with van der Waals surface area (Å²) in [7, 11) is 0. The summed E-state index contributed by atoms with van der Waals surface area (Å²) < 4.78 is 0. The first-order valence-corrected chi connectivity index (χ1v) is 6.30. The molecule has 0 amide bonds. The van der Waals surface area contributed by atoms with E-state index in [1.165, 1.54) is 39.0 Å². The van der Waals surface area contributed by atoms with Gasteiger partial charge in [-0.1, -0.05) is 6.07 Å². The van der Waals surface area contributed by atoms with E-state index in [2.05, 4.69) is 27.3 Å². The van der Waals surface area contributed by atoms with Gasteiger partial charge in [0, 0.05) is 19.3 Å². The van der Waals surface area contributed by atoms with Gasteiger partial charge in [-0.2, -0.15) is 0 Å². The molecule has 2 atom stereocenters. The van der Waals surface area contributed by atoms with Gasteiger partial charge in [0.2, 0.25) is 0 Å². The normalized spacial score (nSPS) is 29.9. The fraction of sp³-hybridized carbons (Fsp3) is 0.615. The standard InChI is InChI=1S/C13H19N3/c1-2-6-15-13(3-1)16-7-4-11-9-14-10-12(11)5-8-16/h1-3,6,11-12,14H,4-5,7-10H2. The highest BCUT2D eigenvalue weighted by Gasteiger charge is 2.30. The van der Waals surface area contributed by atoms with E-state index >= 15 is 0 Å². The fourth-order valence-electron chi connectivity index (χ4n) is 2.99. The molecular formula is C13H19N3. The van der Waals surface area contributed by atoms with Gasteiger partial charge in [-0.25, -0.2) is 4.98 Å². The quantitative estimate of drug-likeness (QED) is 0.773. The van der Waals surface area contributed by atoms with Crippen molar-refractivity contribution >= 4 is 5.82 Å². The third kappa shape index (κ3) is 1.92. The van der Waals surface area contributed by atoms with Crippen molar-refractivity contribution in [1.82, 2.24) is 10.3 Å². The van der Waals surface area contributed by atoms with E-state index in [9.17, 15) is 0 Å². The van der Waals surface area contributed by atoms with Gasteiger partial charge < -0.3 is 10.2 Å². The van der Waals surface area contributed by atoms with E-state index in [-0.39, 0.29) is 0 Å². The van der Waals surface area contributed by atoms with Crippen LogP contribution in [0.25, 0.3) is 0 Å². The van der Waals surface area contributed by atoms with Crippen molar-refractivity contribution in [2.75, 3.05) is 31.1 Å². The van der Waals surface area contributed by atoms with Gasteiger partial charge in [-0.15, -0.1) is 0 Å². The second kappa shape index (κ2) is 4.42. The highest BCUT2D eigenvalue weighted by atomic mass is 15.2. The van der Waals surface area contributed by atoms with E-state index in [1.54, 1.807) is 0 Å². The van der Waals surface area contributed by atoms with Crippen LogP contribution in [0.5, 0.6) is 0 Å². The van der Waals surface area contributed by atoms with Gasteiger partial charge in [-0.05, 0) is 49.9 Å². The van der Waals surface area contributed by atoms with Crippen molar-refractivity contribution in [1.29, 1.82) is 0 Å². The summed E-state index contributed by atoms with van der Waals surface area (Å²) in [5.41, 5.74) is 0. The molecule has 1 aromatic rings. The SMILES string of the molecule is c1ccc(N2CCC3CNCC3CC2)nc1. The molecule has 2 saturated heterocycles. The molecule has 0 saturated carbocycles. The average Bonchev–Trinajstić information content (AvgIpc) is 2.70. The van der Waals surface area contributed by atoms with Crippen LogP contribution >= 0.6 is 0 Å². The van der Waals surface area contributed by atoms with E-state index in [0.717, 1.165) is 17.7 Å². The minimum absolute atomic E-state index is 0.897. The van der Waals surface area contributed by atoms with Gasteiger partial charge in [0.25, 0.3) is 0 Å². The zero-order valence-corrected chi connectivity index (χ0v) is 9.60. The van der Waals surface area contributed by atoms with Gasteiger partial charge in [0.1, 0.15) is 5.82 Å². The van der Waals surface area contributed by atoms with Crippen LogP contribution < -0.4 is 10.2 Å². The number of fused-ring (bicyclic) bond motifs is 1. The molecule has 1 aromatic heterocycles.